The number of guanidine groups is 1. The highest BCUT2D eigenvalue weighted by molar-refractivity contribution is 5.80. The van der Waals surface area contributed by atoms with Crippen LogP contribution in [0.25, 0.3) is 0 Å². The van der Waals surface area contributed by atoms with E-state index in [2.05, 4.69) is 40.7 Å². The summed E-state index contributed by atoms with van der Waals surface area (Å²) in [6.45, 7) is 7.12. The third-order valence-corrected chi connectivity index (χ3v) is 4.06. The zero-order valence-corrected chi connectivity index (χ0v) is 13.2. The molecule has 1 saturated heterocycles. The Morgan fingerprint density at radius 2 is 2.41 bits per heavy atom. The van der Waals surface area contributed by atoms with Gasteiger partial charge in [0.2, 0.25) is 0 Å². The van der Waals surface area contributed by atoms with E-state index in [9.17, 15) is 0 Å². The minimum Gasteiger partial charge on any atom is -0.493 e. The number of benzene rings is 1. The van der Waals surface area contributed by atoms with E-state index < -0.39 is 0 Å². The minimum atomic E-state index is 0.519. The molecule has 0 saturated carbocycles. The molecule has 2 N–H and O–H groups in total. The number of nitrogens with zero attached hydrogens (tertiary/aromatic N) is 1. The first-order valence-electron chi connectivity index (χ1n) is 8.13. The summed E-state index contributed by atoms with van der Waals surface area (Å²) in [7, 11) is 0. The van der Waals surface area contributed by atoms with Crippen molar-refractivity contribution in [2.75, 3.05) is 32.9 Å². The monoisotopic (exact) mass is 303 g/mol. The maximum Gasteiger partial charge on any atom is 0.191 e. The lowest BCUT2D eigenvalue weighted by molar-refractivity contribution is 0.166. The Bertz CT molecular complexity index is 525. The third kappa shape index (κ3) is 4.13. The van der Waals surface area contributed by atoms with E-state index in [0.29, 0.717) is 5.92 Å². The van der Waals surface area contributed by atoms with Crippen LogP contribution >= 0.6 is 0 Å². The number of aliphatic imine (C=N–C) groups is 1. The summed E-state index contributed by atoms with van der Waals surface area (Å²) >= 11 is 0. The summed E-state index contributed by atoms with van der Waals surface area (Å²) in [6.07, 6.45) is 2.20. The summed E-state index contributed by atoms with van der Waals surface area (Å²) in [6, 6.07) is 6.37. The number of rotatable bonds is 5. The molecule has 2 heterocycles. The third-order valence-electron chi connectivity index (χ3n) is 4.06. The molecule has 1 fully saturated rings. The second-order valence-corrected chi connectivity index (χ2v) is 6.02. The van der Waals surface area contributed by atoms with Gasteiger partial charge in [-0.25, -0.2) is 0 Å². The van der Waals surface area contributed by atoms with Crippen LogP contribution in [0.4, 0.5) is 0 Å². The molecule has 1 aromatic carbocycles. The largest absolute Gasteiger partial charge is 0.493 e. The summed E-state index contributed by atoms with van der Waals surface area (Å²) in [4.78, 5) is 4.44. The lowest BCUT2D eigenvalue weighted by Gasteiger charge is -2.18. The van der Waals surface area contributed by atoms with E-state index in [1.165, 1.54) is 11.1 Å². The molecule has 0 bridgehead atoms. The molecule has 1 unspecified atom stereocenters. The number of nitrogens with one attached hydrogen (secondary N) is 2. The SMILES string of the molecule is Cc1ccc(CNC2=NCCCN2)c(OCC2CCOC2)c1. The van der Waals surface area contributed by atoms with E-state index in [-0.39, 0.29) is 0 Å². The van der Waals surface area contributed by atoms with E-state index in [0.717, 1.165) is 64.0 Å². The smallest absolute Gasteiger partial charge is 0.191 e. The fraction of sp³-hybridized carbons (Fsp3) is 0.588. The van der Waals surface area contributed by atoms with Gasteiger partial charge in [0.05, 0.1) is 13.2 Å². The minimum absolute atomic E-state index is 0.519. The highest BCUT2D eigenvalue weighted by atomic mass is 16.5. The molecule has 0 aliphatic carbocycles. The van der Waals surface area contributed by atoms with Crippen LogP contribution in [0.3, 0.4) is 0 Å². The fourth-order valence-corrected chi connectivity index (χ4v) is 2.69. The van der Waals surface area contributed by atoms with Gasteiger partial charge in [0.15, 0.2) is 5.96 Å². The summed E-state index contributed by atoms with van der Waals surface area (Å²) in [5.41, 5.74) is 2.38. The fourth-order valence-electron chi connectivity index (χ4n) is 2.69. The molecule has 0 spiro atoms. The van der Waals surface area contributed by atoms with Gasteiger partial charge >= 0.3 is 0 Å². The number of hydrogen-bond donors (Lipinski definition) is 2. The number of aryl methyl sites for hydroxylation is 1. The molecule has 3 rings (SSSR count). The van der Waals surface area contributed by atoms with E-state index in [1.807, 2.05) is 0 Å². The first kappa shape index (κ1) is 15.2. The van der Waals surface area contributed by atoms with Crippen LogP contribution in [-0.2, 0) is 11.3 Å². The summed E-state index contributed by atoms with van der Waals surface area (Å²) < 4.78 is 11.5. The van der Waals surface area contributed by atoms with Gasteiger partial charge in [-0.2, -0.15) is 0 Å². The average molecular weight is 303 g/mol. The van der Waals surface area contributed by atoms with Crippen LogP contribution in [0.1, 0.15) is 24.0 Å². The maximum atomic E-state index is 6.06. The Balaban J connectivity index is 1.60. The van der Waals surface area contributed by atoms with Crippen LogP contribution in [0.15, 0.2) is 23.2 Å². The van der Waals surface area contributed by atoms with Crippen molar-refractivity contribution in [1.29, 1.82) is 0 Å². The topological polar surface area (TPSA) is 54.9 Å². The van der Waals surface area contributed by atoms with Crippen LogP contribution in [-0.4, -0.2) is 38.9 Å². The first-order chi connectivity index (χ1) is 10.8. The van der Waals surface area contributed by atoms with E-state index >= 15 is 0 Å². The molecule has 120 valence electrons. The molecule has 0 amide bonds. The average Bonchev–Trinajstić information content (AvgIpc) is 3.06. The lowest BCUT2D eigenvalue weighted by Crippen LogP contribution is -2.40. The number of ether oxygens (including phenoxy) is 2. The Labute approximate surface area is 132 Å². The van der Waals surface area contributed by atoms with Crippen molar-refractivity contribution in [3.63, 3.8) is 0 Å². The van der Waals surface area contributed by atoms with Crippen molar-refractivity contribution >= 4 is 5.96 Å². The predicted molar refractivity (Wildman–Crippen MR) is 87.4 cm³/mol. The van der Waals surface area contributed by atoms with Crippen molar-refractivity contribution in [3.05, 3.63) is 29.3 Å². The molecule has 5 heteroatoms. The van der Waals surface area contributed by atoms with Crippen molar-refractivity contribution in [2.24, 2.45) is 10.9 Å². The van der Waals surface area contributed by atoms with E-state index in [1.54, 1.807) is 0 Å². The van der Waals surface area contributed by atoms with Gasteiger partial charge in [0.25, 0.3) is 0 Å². The van der Waals surface area contributed by atoms with Crippen LogP contribution in [0.2, 0.25) is 0 Å². The quantitative estimate of drug-likeness (QED) is 0.871. The van der Waals surface area contributed by atoms with Gasteiger partial charge in [0.1, 0.15) is 5.75 Å². The van der Waals surface area contributed by atoms with E-state index in [4.69, 9.17) is 9.47 Å². The molecule has 0 radical (unpaired) electrons. The van der Waals surface area contributed by atoms with Gasteiger partial charge in [-0.1, -0.05) is 12.1 Å². The van der Waals surface area contributed by atoms with Gasteiger partial charge < -0.3 is 20.1 Å². The standard InChI is InChI=1S/C17H25N3O2/c1-13-3-4-15(10-20-17-18-6-2-7-19-17)16(9-13)22-12-14-5-8-21-11-14/h3-4,9,14H,2,5-8,10-12H2,1H3,(H2,18,19,20). The molecule has 0 aromatic heterocycles. The van der Waals surface area contributed by atoms with Gasteiger partial charge in [-0.3, -0.25) is 4.99 Å². The zero-order valence-electron chi connectivity index (χ0n) is 13.2. The van der Waals surface area contributed by atoms with Crippen LogP contribution in [0.5, 0.6) is 5.75 Å². The highest BCUT2D eigenvalue weighted by Gasteiger charge is 2.17. The summed E-state index contributed by atoms with van der Waals surface area (Å²) in [5, 5.41) is 6.64. The molecular formula is C17H25N3O2. The first-order valence-corrected chi connectivity index (χ1v) is 8.13. The maximum absolute atomic E-state index is 6.06. The van der Waals surface area contributed by atoms with Crippen LogP contribution < -0.4 is 15.4 Å². The summed E-state index contributed by atoms with van der Waals surface area (Å²) in [5.74, 6) is 2.38. The Morgan fingerprint density at radius 1 is 1.45 bits per heavy atom. The zero-order chi connectivity index (χ0) is 15.2. The van der Waals surface area contributed by atoms with Crippen molar-refractivity contribution in [1.82, 2.24) is 10.6 Å². The molecule has 1 atom stereocenters. The molecular weight excluding hydrogens is 278 g/mol. The lowest BCUT2D eigenvalue weighted by atomic mass is 10.1. The van der Waals surface area contributed by atoms with Gasteiger partial charge in [0, 0.05) is 37.7 Å². The molecule has 2 aliphatic rings. The van der Waals surface area contributed by atoms with Crippen molar-refractivity contribution in [2.45, 2.75) is 26.3 Å². The molecule has 5 nitrogen and oxygen atoms in total. The Hall–Kier alpha value is -1.75. The van der Waals surface area contributed by atoms with Crippen molar-refractivity contribution < 1.29 is 9.47 Å². The second-order valence-electron chi connectivity index (χ2n) is 6.02. The van der Waals surface area contributed by atoms with Crippen LogP contribution in [0, 0.1) is 12.8 Å². The molecule has 2 aliphatic heterocycles. The second kappa shape index (κ2) is 7.49. The Kier molecular flexibility index (Phi) is 5.16. The van der Waals surface area contributed by atoms with Gasteiger partial charge in [-0.15, -0.1) is 0 Å². The van der Waals surface area contributed by atoms with Crippen molar-refractivity contribution in [3.8, 4) is 5.75 Å². The molecule has 1 aromatic rings. The highest BCUT2D eigenvalue weighted by Crippen LogP contribution is 2.22. The predicted octanol–water partition coefficient (Wildman–Crippen LogP) is 1.85. The van der Waals surface area contributed by atoms with Gasteiger partial charge in [-0.05, 0) is 31.4 Å². The normalized spacial score (nSPS) is 21.1. The molecule has 22 heavy (non-hydrogen) atoms. The Morgan fingerprint density at radius 3 is 3.18 bits per heavy atom. The number of hydrogen-bond acceptors (Lipinski definition) is 5.